The number of rotatable bonds is 38. The molecule has 0 saturated heterocycles. The van der Waals surface area contributed by atoms with Crippen molar-refractivity contribution in [2.45, 2.75) is 265 Å². The molecule has 46 heavy (non-hydrogen) atoms. The Morgan fingerprint density at radius 2 is 0.674 bits per heavy atom. The molecule has 272 valence electrons. The molecule has 0 aliphatic heterocycles. The van der Waals surface area contributed by atoms with Crippen LogP contribution in [0.1, 0.15) is 251 Å². The first-order chi connectivity index (χ1) is 22.8. The lowest BCUT2D eigenvalue weighted by atomic mass is 10.0. The van der Waals surface area contributed by atoms with Gasteiger partial charge < -0.3 is 0 Å². The minimum absolute atomic E-state index is 1.23. The SMILES string of the molecule is CCCCCCCCCCCCCCCCCCn1cc[n+](CCCCCCCCCCC)c1CCCCCCCCCCCC. The Morgan fingerprint density at radius 1 is 0.370 bits per heavy atom. The topological polar surface area (TPSA) is 8.81 Å². The molecule has 0 unspecified atom stereocenters. The standard InChI is InChI=1S/C44H87N2/c1-4-7-10-13-16-19-21-22-23-24-25-26-29-32-35-38-41-46-43-42-45(40-37-34-31-28-18-15-12-9-6-3)44(46)39-36-33-30-27-20-17-14-11-8-5-2/h42-43H,4-41H2,1-3H3/q+1. The lowest BCUT2D eigenvalue weighted by Crippen LogP contribution is -2.37. The molecule has 2 nitrogen and oxygen atoms in total. The first kappa shape index (κ1) is 43.2. The van der Waals surface area contributed by atoms with Gasteiger partial charge >= 0.3 is 0 Å². The van der Waals surface area contributed by atoms with Crippen LogP contribution in [0.2, 0.25) is 0 Å². The van der Waals surface area contributed by atoms with Crippen LogP contribution < -0.4 is 4.57 Å². The molecule has 0 aliphatic carbocycles. The minimum Gasteiger partial charge on any atom is -0.234 e. The Bertz CT molecular complexity index is 707. The van der Waals surface area contributed by atoms with Crippen molar-refractivity contribution in [2.24, 2.45) is 0 Å². The molecule has 0 saturated carbocycles. The summed E-state index contributed by atoms with van der Waals surface area (Å²) in [6, 6.07) is 0. The van der Waals surface area contributed by atoms with E-state index in [4.69, 9.17) is 0 Å². The van der Waals surface area contributed by atoms with E-state index in [9.17, 15) is 0 Å². The van der Waals surface area contributed by atoms with Gasteiger partial charge in [0.05, 0.1) is 13.1 Å². The van der Waals surface area contributed by atoms with Gasteiger partial charge in [-0.25, -0.2) is 9.13 Å². The third kappa shape index (κ3) is 27.2. The normalized spacial score (nSPS) is 11.6. The van der Waals surface area contributed by atoms with Crippen LogP contribution in [0.25, 0.3) is 0 Å². The summed E-state index contributed by atoms with van der Waals surface area (Å²) in [4.78, 5) is 0. The maximum absolute atomic E-state index is 2.64. The highest BCUT2D eigenvalue weighted by atomic mass is 15.1. The molecular formula is C44H87N2+. The van der Waals surface area contributed by atoms with Gasteiger partial charge in [-0.1, -0.05) is 213 Å². The zero-order valence-electron chi connectivity index (χ0n) is 32.4. The van der Waals surface area contributed by atoms with Crippen molar-refractivity contribution in [1.82, 2.24) is 4.57 Å². The lowest BCUT2D eigenvalue weighted by Gasteiger charge is -2.07. The number of aryl methyl sites for hydroxylation is 2. The number of hydrogen-bond donors (Lipinski definition) is 0. The van der Waals surface area contributed by atoms with E-state index < -0.39 is 0 Å². The van der Waals surface area contributed by atoms with Crippen molar-refractivity contribution >= 4 is 0 Å². The van der Waals surface area contributed by atoms with E-state index in [0.29, 0.717) is 0 Å². The molecule has 0 spiro atoms. The summed E-state index contributed by atoms with van der Waals surface area (Å²) in [7, 11) is 0. The molecule has 0 bridgehead atoms. The highest BCUT2D eigenvalue weighted by Crippen LogP contribution is 2.16. The number of nitrogens with zero attached hydrogens (tertiary/aromatic N) is 2. The van der Waals surface area contributed by atoms with Gasteiger partial charge in [0.25, 0.3) is 5.82 Å². The average Bonchev–Trinajstić information content (AvgIpc) is 3.45. The second-order valence-corrected chi connectivity index (χ2v) is 15.2. The summed E-state index contributed by atoms with van der Waals surface area (Å²) < 4.78 is 5.28. The molecule has 1 heterocycles. The van der Waals surface area contributed by atoms with E-state index in [0.717, 1.165) is 0 Å². The molecule has 1 aromatic rings. The van der Waals surface area contributed by atoms with Gasteiger partial charge in [-0.3, -0.25) is 0 Å². The van der Waals surface area contributed by atoms with Gasteiger partial charge in [-0.15, -0.1) is 0 Å². The Kier molecular flexibility index (Phi) is 33.4. The third-order valence-corrected chi connectivity index (χ3v) is 10.6. The average molecular weight is 644 g/mol. The quantitative estimate of drug-likeness (QED) is 0.0501. The highest BCUT2D eigenvalue weighted by molar-refractivity contribution is 4.84. The minimum atomic E-state index is 1.23. The van der Waals surface area contributed by atoms with Crippen molar-refractivity contribution in [1.29, 1.82) is 0 Å². The van der Waals surface area contributed by atoms with Crippen LogP contribution in [0.4, 0.5) is 0 Å². The van der Waals surface area contributed by atoms with Gasteiger partial charge in [0.2, 0.25) is 0 Å². The zero-order chi connectivity index (χ0) is 33.0. The largest absolute Gasteiger partial charge is 0.256 e. The molecule has 0 atom stereocenters. The van der Waals surface area contributed by atoms with Gasteiger partial charge in [-0.05, 0) is 32.1 Å². The fourth-order valence-corrected chi connectivity index (χ4v) is 7.39. The van der Waals surface area contributed by atoms with Gasteiger partial charge in [0.1, 0.15) is 12.4 Å². The monoisotopic (exact) mass is 644 g/mol. The Balaban J connectivity index is 2.24. The van der Waals surface area contributed by atoms with Crippen LogP contribution in [0, 0.1) is 0 Å². The van der Waals surface area contributed by atoms with Crippen LogP contribution in [0.15, 0.2) is 12.4 Å². The predicted octanol–water partition coefficient (Wildman–Crippen LogP) is 15.0. The fraction of sp³-hybridized carbons (Fsp3) is 0.932. The number of unbranched alkanes of at least 4 members (excludes halogenated alkanes) is 32. The molecule has 0 radical (unpaired) electrons. The number of aromatic nitrogens is 2. The van der Waals surface area contributed by atoms with Crippen molar-refractivity contribution in [3.8, 4) is 0 Å². The summed E-state index contributed by atoms with van der Waals surface area (Å²) >= 11 is 0. The Hall–Kier alpha value is -0.790. The second kappa shape index (κ2) is 35.5. The van der Waals surface area contributed by atoms with Crippen molar-refractivity contribution in [2.75, 3.05) is 0 Å². The van der Waals surface area contributed by atoms with Crippen LogP contribution in [-0.2, 0) is 19.5 Å². The summed E-state index contributed by atoms with van der Waals surface area (Å²) in [6.07, 6.45) is 56.3. The van der Waals surface area contributed by atoms with E-state index in [2.05, 4.69) is 42.3 Å². The van der Waals surface area contributed by atoms with E-state index >= 15 is 0 Å². The third-order valence-electron chi connectivity index (χ3n) is 10.6. The number of imidazole rings is 1. The molecule has 0 N–H and O–H groups in total. The summed E-state index contributed by atoms with van der Waals surface area (Å²) in [5.41, 5.74) is 0. The van der Waals surface area contributed by atoms with E-state index in [1.165, 1.54) is 244 Å². The van der Waals surface area contributed by atoms with Crippen LogP contribution in [0.5, 0.6) is 0 Å². The van der Waals surface area contributed by atoms with Crippen LogP contribution in [-0.4, -0.2) is 4.57 Å². The summed E-state index contributed by atoms with van der Waals surface area (Å²) in [6.45, 7) is 9.41. The second-order valence-electron chi connectivity index (χ2n) is 15.2. The lowest BCUT2D eigenvalue weighted by molar-refractivity contribution is -0.704. The smallest absolute Gasteiger partial charge is 0.234 e. The van der Waals surface area contributed by atoms with Gasteiger partial charge in [0.15, 0.2) is 0 Å². The molecule has 0 fully saturated rings. The van der Waals surface area contributed by atoms with Gasteiger partial charge in [-0.2, -0.15) is 0 Å². The van der Waals surface area contributed by atoms with E-state index in [1.54, 1.807) is 5.82 Å². The first-order valence-electron chi connectivity index (χ1n) is 21.9. The molecule has 1 rings (SSSR count). The Morgan fingerprint density at radius 3 is 1.04 bits per heavy atom. The highest BCUT2D eigenvalue weighted by Gasteiger charge is 2.16. The first-order valence-corrected chi connectivity index (χ1v) is 21.9. The molecule has 0 aromatic carbocycles. The van der Waals surface area contributed by atoms with Crippen LogP contribution >= 0.6 is 0 Å². The maximum Gasteiger partial charge on any atom is 0.256 e. The molecule has 0 aliphatic rings. The van der Waals surface area contributed by atoms with E-state index in [-0.39, 0.29) is 0 Å². The van der Waals surface area contributed by atoms with Crippen LogP contribution in [0.3, 0.4) is 0 Å². The zero-order valence-corrected chi connectivity index (χ0v) is 32.4. The van der Waals surface area contributed by atoms with Crippen molar-refractivity contribution in [3.63, 3.8) is 0 Å². The van der Waals surface area contributed by atoms with Crippen molar-refractivity contribution < 1.29 is 4.57 Å². The summed E-state index contributed by atoms with van der Waals surface area (Å²) in [5, 5.41) is 0. The van der Waals surface area contributed by atoms with Gasteiger partial charge in [0, 0.05) is 6.42 Å². The Labute approximate surface area is 291 Å². The predicted molar refractivity (Wildman–Crippen MR) is 207 cm³/mol. The summed E-state index contributed by atoms with van der Waals surface area (Å²) in [5.74, 6) is 1.63. The molecule has 1 aromatic heterocycles. The number of hydrogen-bond acceptors (Lipinski definition) is 0. The fourth-order valence-electron chi connectivity index (χ4n) is 7.39. The maximum atomic E-state index is 2.64. The molecular weight excluding hydrogens is 556 g/mol. The molecule has 2 heteroatoms. The van der Waals surface area contributed by atoms with E-state index in [1.807, 2.05) is 0 Å². The molecule has 0 amide bonds. The van der Waals surface area contributed by atoms with Crippen molar-refractivity contribution in [3.05, 3.63) is 18.2 Å².